The normalized spacial score (nSPS) is 20.8. The van der Waals surface area contributed by atoms with Crippen molar-refractivity contribution in [2.24, 2.45) is 10.9 Å². The molecule has 1 N–H and O–H groups in total. The van der Waals surface area contributed by atoms with E-state index in [2.05, 4.69) is 4.99 Å². The first kappa shape index (κ1) is 18.2. The number of carboxylic acid groups (broad SMARTS) is 1. The van der Waals surface area contributed by atoms with E-state index in [-0.39, 0.29) is 11.7 Å². The molecule has 0 saturated heterocycles. The molecule has 128 valence electrons. The molecule has 5 nitrogen and oxygen atoms in total. The van der Waals surface area contributed by atoms with E-state index >= 15 is 0 Å². The lowest BCUT2D eigenvalue weighted by atomic mass is 9.75. The van der Waals surface area contributed by atoms with Crippen molar-refractivity contribution in [3.8, 4) is 0 Å². The molecule has 6 heteroatoms. The summed E-state index contributed by atoms with van der Waals surface area (Å²) in [5.41, 5.74) is 1.72. The molecule has 24 heavy (non-hydrogen) atoms. The monoisotopic (exact) mass is 349 g/mol. The lowest BCUT2D eigenvalue weighted by Gasteiger charge is -2.31. The third-order valence-corrected chi connectivity index (χ3v) is 4.24. The average molecular weight is 350 g/mol. The van der Waals surface area contributed by atoms with Crippen LogP contribution in [0.25, 0.3) is 0 Å². The van der Waals surface area contributed by atoms with Gasteiger partial charge in [0.15, 0.2) is 0 Å². The van der Waals surface area contributed by atoms with Gasteiger partial charge >= 0.3 is 11.9 Å². The number of carbonyl (C=O) groups excluding carboxylic acids is 1. The number of hydrogen-bond acceptors (Lipinski definition) is 4. The second kappa shape index (κ2) is 7.18. The number of rotatable bonds is 4. The molecule has 2 rings (SSSR count). The maximum atomic E-state index is 12.6. The lowest BCUT2D eigenvalue weighted by molar-refractivity contribution is -0.143. The number of benzene rings is 1. The van der Waals surface area contributed by atoms with Gasteiger partial charge < -0.3 is 9.84 Å². The number of hydrogen-bond donors (Lipinski definition) is 1. The Bertz CT molecular complexity index is 736. The van der Waals surface area contributed by atoms with Crippen LogP contribution in [-0.2, 0) is 14.3 Å². The van der Waals surface area contributed by atoms with Gasteiger partial charge in [-0.1, -0.05) is 29.8 Å². The van der Waals surface area contributed by atoms with Gasteiger partial charge in [-0.3, -0.25) is 9.79 Å². The Balaban J connectivity index is 2.66. The van der Waals surface area contributed by atoms with Crippen LogP contribution in [0.4, 0.5) is 0 Å². The van der Waals surface area contributed by atoms with Gasteiger partial charge in [0.2, 0.25) is 0 Å². The summed E-state index contributed by atoms with van der Waals surface area (Å²) in [4.78, 5) is 28.7. The third-order valence-electron chi connectivity index (χ3n) is 3.90. The van der Waals surface area contributed by atoms with Crippen molar-refractivity contribution in [1.82, 2.24) is 0 Å². The molecule has 0 aliphatic carbocycles. The van der Waals surface area contributed by atoms with E-state index in [0.29, 0.717) is 22.0 Å². The van der Waals surface area contributed by atoms with Crippen LogP contribution >= 0.6 is 11.6 Å². The predicted octanol–water partition coefficient (Wildman–Crippen LogP) is 3.82. The lowest BCUT2D eigenvalue weighted by Crippen LogP contribution is -2.36. The van der Waals surface area contributed by atoms with Gasteiger partial charge in [-0.05, 0) is 39.3 Å². The number of carbonyl (C=O) groups is 2. The SMILES string of the molecule is CC1=NC(C)=C(C(=O)OC(C)C)C(c2ccccc2Cl)C1C(=O)O. The first-order valence-electron chi connectivity index (χ1n) is 7.68. The standard InChI is InChI=1S/C18H20ClNO4/c1-9(2)24-18(23)15-11(4)20-10(3)14(17(21)22)16(15)12-7-5-6-8-13(12)19/h5-9,14,16H,1-4H3,(H,21,22). The van der Waals surface area contributed by atoms with Crippen LogP contribution < -0.4 is 0 Å². The summed E-state index contributed by atoms with van der Waals surface area (Å²) in [6.45, 7) is 6.81. The van der Waals surface area contributed by atoms with Gasteiger partial charge in [-0.25, -0.2) is 4.79 Å². The van der Waals surface area contributed by atoms with Gasteiger partial charge in [-0.2, -0.15) is 0 Å². The van der Waals surface area contributed by atoms with Crippen LogP contribution in [0.5, 0.6) is 0 Å². The topological polar surface area (TPSA) is 76.0 Å². The number of halogens is 1. The van der Waals surface area contributed by atoms with Crippen LogP contribution in [0.2, 0.25) is 5.02 Å². The first-order chi connectivity index (χ1) is 11.2. The van der Waals surface area contributed by atoms with Crippen LogP contribution in [0.15, 0.2) is 40.5 Å². The molecular formula is C18H20ClNO4. The third kappa shape index (κ3) is 3.51. The minimum absolute atomic E-state index is 0.245. The molecule has 0 amide bonds. The van der Waals surface area contributed by atoms with E-state index in [1.165, 1.54) is 0 Å². The fraction of sp³-hybridized carbons (Fsp3) is 0.389. The molecule has 0 saturated carbocycles. The van der Waals surface area contributed by atoms with Crippen molar-refractivity contribution >= 4 is 29.3 Å². The van der Waals surface area contributed by atoms with Gasteiger partial charge in [0.05, 0.1) is 11.7 Å². The minimum atomic E-state index is -1.05. The number of ether oxygens (including phenoxy) is 1. The molecule has 0 radical (unpaired) electrons. The maximum Gasteiger partial charge on any atom is 0.336 e. The van der Waals surface area contributed by atoms with Crippen LogP contribution in [0.3, 0.4) is 0 Å². The quantitative estimate of drug-likeness (QED) is 0.838. The van der Waals surface area contributed by atoms with Crippen LogP contribution in [0, 0.1) is 5.92 Å². The molecule has 0 spiro atoms. The summed E-state index contributed by atoms with van der Waals surface area (Å²) in [6, 6.07) is 6.94. The minimum Gasteiger partial charge on any atom is -0.481 e. The highest BCUT2D eigenvalue weighted by molar-refractivity contribution is 6.31. The summed E-state index contributed by atoms with van der Waals surface area (Å²) >= 11 is 6.29. The molecular weight excluding hydrogens is 330 g/mol. The van der Waals surface area contributed by atoms with E-state index < -0.39 is 23.8 Å². The Morgan fingerprint density at radius 1 is 1.25 bits per heavy atom. The van der Waals surface area contributed by atoms with Crippen LogP contribution in [-0.4, -0.2) is 28.9 Å². The van der Waals surface area contributed by atoms with Crippen molar-refractivity contribution < 1.29 is 19.4 Å². The maximum absolute atomic E-state index is 12.6. The number of nitrogens with zero attached hydrogens (tertiary/aromatic N) is 1. The van der Waals surface area contributed by atoms with E-state index in [4.69, 9.17) is 16.3 Å². The van der Waals surface area contributed by atoms with E-state index in [0.717, 1.165) is 0 Å². The highest BCUT2D eigenvalue weighted by Gasteiger charge is 2.42. The summed E-state index contributed by atoms with van der Waals surface area (Å²) in [5, 5.41) is 10.1. The molecule has 2 unspecified atom stereocenters. The van der Waals surface area contributed by atoms with Gasteiger partial charge in [0.25, 0.3) is 0 Å². The fourth-order valence-electron chi connectivity index (χ4n) is 2.96. The molecule has 1 aliphatic heterocycles. The van der Waals surface area contributed by atoms with Gasteiger partial charge in [0, 0.05) is 22.3 Å². The summed E-state index contributed by atoms with van der Waals surface area (Å²) in [6.07, 6.45) is -0.319. The molecule has 0 fully saturated rings. The zero-order valence-electron chi connectivity index (χ0n) is 14.0. The fourth-order valence-corrected chi connectivity index (χ4v) is 3.22. The number of allylic oxidation sites excluding steroid dienone is 1. The van der Waals surface area contributed by atoms with Crippen molar-refractivity contribution in [3.63, 3.8) is 0 Å². The number of esters is 1. The Labute approximate surface area is 146 Å². The number of aliphatic carboxylic acids is 1. The largest absolute Gasteiger partial charge is 0.481 e. The summed E-state index contributed by atoms with van der Waals surface area (Å²) in [7, 11) is 0. The summed E-state index contributed by atoms with van der Waals surface area (Å²) < 4.78 is 5.31. The second-order valence-electron chi connectivity index (χ2n) is 6.02. The average Bonchev–Trinajstić information content (AvgIpc) is 2.45. The Hall–Kier alpha value is -2.14. The Morgan fingerprint density at radius 2 is 1.88 bits per heavy atom. The highest BCUT2D eigenvalue weighted by atomic mass is 35.5. The van der Waals surface area contributed by atoms with Crippen LogP contribution in [0.1, 0.15) is 39.2 Å². The predicted molar refractivity (Wildman–Crippen MR) is 92.4 cm³/mol. The van der Waals surface area contributed by atoms with Gasteiger partial charge in [0.1, 0.15) is 5.92 Å². The smallest absolute Gasteiger partial charge is 0.336 e. The molecule has 2 atom stereocenters. The van der Waals surface area contributed by atoms with Crippen molar-refractivity contribution in [2.75, 3.05) is 0 Å². The second-order valence-corrected chi connectivity index (χ2v) is 6.43. The van der Waals surface area contributed by atoms with Crippen molar-refractivity contribution in [3.05, 3.63) is 46.1 Å². The molecule has 1 aromatic carbocycles. The Kier molecular flexibility index (Phi) is 5.44. The highest BCUT2D eigenvalue weighted by Crippen LogP contribution is 2.42. The number of carboxylic acids is 1. The number of aliphatic imine (C=N–C) groups is 1. The summed E-state index contributed by atoms with van der Waals surface area (Å²) in [5.74, 6) is -3.32. The molecule has 0 bridgehead atoms. The first-order valence-corrected chi connectivity index (χ1v) is 8.06. The molecule has 1 heterocycles. The zero-order valence-corrected chi connectivity index (χ0v) is 14.8. The van der Waals surface area contributed by atoms with Crippen molar-refractivity contribution in [1.29, 1.82) is 0 Å². The van der Waals surface area contributed by atoms with Gasteiger partial charge in [-0.15, -0.1) is 0 Å². The molecule has 1 aliphatic rings. The zero-order chi connectivity index (χ0) is 18.0. The van der Waals surface area contributed by atoms with E-state index in [1.807, 2.05) is 0 Å². The van der Waals surface area contributed by atoms with E-state index in [9.17, 15) is 14.7 Å². The Morgan fingerprint density at radius 3 is 2.42 bits per heavy atom. The molecule has 0 aromatic heterocycles. The molecule has 1 aromatic rings. The van der Waals surface area contributed by atoms with E-state index in [1.54, 1.807) is 52.0 Å². The van der Waals surface area contributed by atoms with Crippen molar-refractivity contribution in [2.45, 2.75) is 39.7 Å².